The van der Waals surface area contributed by atoms with Gasteiger partial charge in [0.15, 0.2) is 5.76 Å². The molecule has 1 atom stereocenters. The zero-order valence-electron chi connectivity index (χ0n) is 14.8. The zero-order chi connectivity index (χ0) is 18.5. The highest BCUT2D eigenvalue weighted by atomic mass is 19.1. The molecule has 0 saturated heterocycles. The van der Waals surface area contributed by atoms with E-state index < -0.39 is 0 Å². The maximum absolute atomic E-state index is 13.0. The Morgan fingerprint density at radius 1 is 1.04 bits per heavy atom. The molecule has 4 nitrogen and oxygen atoms in total. The molecule has 0 unspecified atom stereocenters. The summed E-state index contributed by atoms with van der Waals surface area (Å²) in [6, 6.07) is 19.1. The van der Waals surface area contributed by atoms with E-state index in [0.717, 1.165) is 17.7 Å². The number of benzene rings is 2. The third-order valence-electron chi connectivity index (χ3n) is 4.08. The molecule has 1 amide bonds. The van der Waals surface area contributed by atoms with Crippen molar-refractivity contribution in [3.63, 3.8) is 0 Å². The number of amides is 1. The van der Waals surface area contributed by atoms with Crippen molar-refractivity contribution >= 4 is 5.91 Å². The first-order valence-corrected chi connectivity index (χ1v) is 8.53. The molecule has 1 heterocycles. The summed E-state index contributed by atoms with van der Waals surface area (Å²) in [6.45, 7) is 0.751. The normalized spacial score (nSPS) is 12.2. The molecule has 0 aliphatic carbocycles. The maximum Gasteiger partial charge on any atom is 0.287 e. The fraction of sp³-hybridized carbons (Fsp3) is 0.190. The second-order valence-corrected chi connectivity index (χ2v) is 6.52. The standard InChI is InChI=1S/C21H21FN2O2/c1-24(2)14-18(15-6-4-3-5-7-15)23-21(25)20-13-12-19(26-20)16-8-10-17(22)11-9-16/h3-13,18H,14H2,1-2H3,(H,23,25)/p+1/t18-/m0/s1. The first-order chi connectivity index (χ1) is 12.5. The Labute approximate surface area is 152 Å². The van der Waals surface area contributed by atoms with E-state index in [-0.39, 0.29) is 23.5 Å². The summed E-state index contributed by atoms with van der Waals surface area (Å²) >= 11 is 0. The fourth-order valence-corrected chi connectivity index (χ4v) is 2.80. The molecular formula is C21H22FN2O2+. The van der Waals surface area contributed by atoms with Gasteiger partial charge >= 0.3 is 0 Å². The van der Waals surface area contributed by atoms with E-state index in [0.29, 0.717) is 5.76 Å². The maximum atomic E-state index is 13.0. The van der Waals surface area contributed by atoms with Crippen molar-refractivity contribution in [1.82, 2.24) is 5.32 Å². The van der Waals surface area contributed by atoms with E-state index in [1.165, 1.54) is 17.0 Å². The molecule has 0 bridgehead atoms. The van der Waals surface area contributed by atoms with Gasteiger partial charge in [-0.3, -0.25) is 4.79 Å². The van der Waals surface area contributed by atoms with Gasteiger partial charge in [-0.2, -0.15) is 0 Å². The fourth-order valence-electron chi connectivity index (χ4n) is 2.80. The van der Waals surface area contributed by atoms with Gasteiger partial charge in [-0.25, -0.2) is 4.39 Å². The molecule has 0 aliphatic heterocycles. The van der Waals surface area contributed by atoms with Crippen LogP contribution in [0, 0.1) is 5.82 Å². The van der Waals surface area contributed by atoms with Gasteiger partial charge in [0.2, 0.25) is 0 Å². The van der Waals surface area contributed by atoms with Crippen molar-refractivity contribution in [2.45, 2.75) is 6.04 Å². The van der Waals surface area contributed by atoms with Crippen LogP contribution in [0.15, 0.2) is 71.1 Å². The molecule has 5 heteroatoms. The second-order valence-electron chi connectivity index (χ2n) is 6.52. The van der Waals surface area contributed by atoms with Crippen LogP contribution in [0.1, 0.15) is 22.2 Å². The van der Waals surface area contributed by atoms with Crippen molar-refractivity contribution in [3.05, 3.63) is 83.9 Å². The van der Waals surface area contributed by atoms with Crippen LogP contribution in [0.5, 0.6) is 0 Å². The average molecular weight is 353 g/mol. The van der Waals surface area contributed by atoms with Crippen LogP contribution < -0.4 is 10.2 Å². The first-order valence-electron chi connectivity index (χ1n) is 8.53. The molecule has 134 valence electrons. The van der Waals surface area contributed by atoms with Gasteiger partial charge < -0.3 is 14.6 Å². The Bertz CT molecular complexity index is 857. The summed E-state index contributed by atoms with van der Waals surface area (Å²) < 4.78 is 18.7. The van der Waals surface area contributed by atoms with E-state index >= 15 is 0 Å². The molecule has 0 radical (unpaired) electrons. The molecule has 1 aromatic heterocycles. The zero-order valence-corrected chi connectivity index (χ0v) is 14.8. The van der Waals surface area contributed by atoms with Crippen molar-refractivity contribution in [2.24, 2.45) is 0 Å². The highest BCUT2D eigenvalue weighted by Crippen LogP contribution is 2.23. The van der Waals surface area contributed by atoms with Crippen molar-refractivity contribution in [1.29, 1.82) is 0 Å². The van der Waals surface area contributed by atoms with Crippen LogP contribution in [-0.4, -0.2) is 26.5 Å². The summed E-state index contributed by atoms with van der Waals surface area (Å²) in [7, 11) is 4.09. The number of hydrogen-bond donors (Lipinski definition) is 2. The Morgan fingerprint density at radius 3 is 2.38 bits per heavy atom. The van der Waals surface area contributed by atoms with E-state index in [1.807, 2.05) is 44.4 Å². The van der Waals surface area contributed by atoms with Crippen LogP contribution in [0.25, 0.3) is 11.3 Å². The average Bonchev–Trinajstić information content (AvgIpc) is 3.12. The summed E-state index contributed by atoms with van der Waals surface area (Å²) in [4.78, 5) is 13.9. The molecule has 2 N–H and O–H groups in total. The van der Waals surface area contributed by atoms with Crippen LogP contribution in [0.4, 0.5) is 4.39 Å². The number of furan rings is 1. The van der Waals surface area contributed by atoms with E-state index in [1.54, 1.807) is 24.3 Å². The SMILES string of the molecule is C[NH+](C)C[C@H](NC(=O)c1ccc(-c2ccc(F)cc2)o1)c1ccccc1. The molecular weight excluding hydrogens is 331 g/mol. The van der Waals surface area contributed by atoms with Crippen LogP contribution in [0.2, 0.25) is 0 Å². The predicted octanol–water partition coefficient (Wildman–Crippen LogP) is 2.70. The number of likely N-dealkylation sites (N-methyl/N-ethyl adjacent to an activating group) is 1. The van der Waals surface area contributed by atoms with Crippen LogP contribution >= 0.6 is 0 Å². The predicted molar refractivity (Wildman–Crippen MR) is 98.4 cm³/mol. The summed E-state index contributed by atoms with van der Waals surface area (Å²) in [5.74, 6) is 0.187. The molecule has 0 fully saturated rings. The third-order valence-corrected chi connectivity index (χ3v) is 4.08. The second kappa shape index (κ2) is 7.97. The summed E-state index contributed by atoms with van der Waals surface area (Å²) in [5.41, 5.74) is 1.77. The molecule has 0 saturated carbocycles. The minimum absolute atomic E-state index is 0.118. The van der Waals surface area contributed by atoms with Gasteiger partial charge in [0.1, 0.15) is 24.2 Å². The number of hydrogen-bond acceptors (Lipinski definition) is 2. The van der Waals surface area contributed by atoms with E-state index in [4.69, 9.17) is 4.42 Å². The van der Waals surface area contributed by atoms with Gasteiger partial charge in [-0.1, -0.05) is 30.3 Å². The van der Waals surface area contributed by atoms with Crippen molar-refractivity contribution < 1.29 is 18.5 Å². The van der Waals surface area contributed by atoms with E-state index in [9.17, 15) is 9.18 Å². The van der Waals surface area contributed by atoms with E-state index in [2.05, 4.69) is 5.32 Å². The monoisotopic (exact) mass is 353 g/mol. The van der Waals surface area contributed by atoms with Gasteiger partial charge in [0.05, 0.1) is 14.1 Å². The minimum Gasteiger partial charge on any atom is -0.451 e. The van der Waals surface area contributed by atoms with Crippen LogP contribution in [0.3, 0.4) is 0 Å². The van der Waals surface area contributed by atoms with Crippen LogP contribution in [-0.2, 0) is 0 Å². The number of carbonyl (C=O) groups is 1. The van der Waals surface area contributed by atoms with Gasteiger partial charge in [-0.15, -0.1) is 0 Å². The molecule has 2 aromatic carbocycles. The molecule has 26 heavy (non-hydrogen) atoms. The molecule has 3 aromatic rings. The number of quaternary nitrogens is 1. The molecule has 3 rings (SSSR count). The van der Waals surface area contributed by atoms with Crippen molar-refractivity contribution in [3.8, 4) is 11.3 Å². The lowest BCUT2D eigenvalue weighted by atomic mass is 10.1. The van der Waals surface area contributed by atoms with Gasteiger partial charge in [0, 0.05) is 5.56 Å². The number of carbonyl (C=O) groups excluding carboxylic acids is 1. The first kappa shape index (κ1) is 17.9. The highest BCUT2D eigenvalue weighted by Gasteiger charge is 2.20. The largest absolute Gasteiger partial charge is 0.451 e. The van der Waals surface area contributed by atoms with Gasteiger partial charge in [-0.05, 0) is 42.0 Å². The number of halogens is 1. The highest BCUT2D eigenvalue weighted by molar-refractivity contribution is 5.92. The Balaban J connectivity index is 1.76. The lowest BCUT2D eigenvalue weighted by Crippen LogP contribution is -3.06. The Morgan fingerprint density at radius 2 is 1.73 bits per heavy atom. The Hall–Kier alpha value is -2.92. The quantitative estimate of drug-likeness (QED) is 0.716. The minimum atomic E-state index is -0.310. The third kappa shape index (κ3) is 4.37. The van der Waals surface area contributed by atoms with Gasteiger partial charge in [0.25, 0.3) is 5.91 Å². The summed E-state index contributed by atoms with van der Waals surface area (Å²) in [5, 5.41) is 3.04. The lowest BCUT2D eigenvalue weighted by Gasteiger charge is -2.20. The number of nitrogens with one attached hydrogen (secondary N) is 2. The molecule has 0 spiro atoms. The van der Waals surface area contributed by atoms with Crippen molar-refractivity contribution in [2.75, 3.05) is 20.6 Å². The lowest BCUT2D eigenvalue weighted by molar-refractivity contribution is -0.860. The topological polar surface area (TPSA) is 46.7 Å². The smallest absolute Gasteiger partial charge is 0.287 e. The Kier molecular flexibility index (Phi) is 5.49. The molecule has 0 aliphatic rings. The number of rotatable bonds is 6. The summed E-state index contributed by atoms with van der Waals surface area (Å²) in [6.07, 6.45) is 0.